The molecule has 120 valence electrons. The molecule has 0 aliphatic carbocycles. The van der Waals surface area contributed by atoms with Gasteiger partial charge < -0.3 is 10.4 Å². The van der Waals surface area contributed by atoms with E-state index in [1.54, 1.807) is 11.4 Å². The molecule has 1 heterocycles. The summed E-state index contributed by atoms with van der Waals surface area (Å²) in [6.45, 7) is 0. The van der Waals surface area contributed by atoms with Gasteiger partial charge in [0.1, 0.15) is 0 Å². The minimum Gasteiger partial charge on any atom is -0.479 e. The zero-order valence-electron chi connectivity index (χ0n) is 11.2. The predicted molar refractivity (Wildman–Crippen MR) is 68.4 cm³/mol. The summed E-state index contributed by atoms with van der Waals surface area (Å²) >= 11 is 0. The first-order valence-electron chi connectivity index (χ1n) is 6.11. The van der Waals surface area contributed by atoms with E-state index in [1.165, 1.54) is 24.3 Å². The van der Waals surface area contributed by atoms with Crippen LogP contribution in [0.2, 0.25) is 0 Å². The Morgan fingerprint density at radius 2 is 1.52 bits per heavy atom. The fourth-order valence-electron chi connectivity index (χ4n) is 1.82. The van der Waals surface area contributed by atoms with Gasteiger partial charge in [-0.3, -0.25) is 4.79 Å². The standard InChI is InChI=1S/C14H8F4N2O3/c15-8-7(9(16)12(18)20-11(8)17)10(14(22)23)19-13(21)6-4-2-1-3-5-6/h1-5,10H,(H,19,21)(H,22,23). The second kappa shape index (κ2) is 6.42. The van der Waals surface area contributed by atoms with E-state index in [0.29, 0.717) is 0 Å². The van der Waals surface area contributed by atoms with Crippen LogP contribution >= 0.6 is 0 Å². The fraction of sp³-hybridized carbons (Fsp3) is 0.0714. The van der Waals surface area contributed by atoms with Gasteiger partial charge in [0.25, 0.3) is 17.8 Å². The zero-order valence-corrected chi connectivity index (χ0v) is 11.2. The van der Waals surface area contributed by atoms with E-state index in [4.69, 9.17) is 5.11 Å². The molecule has 0 saturated carbocycles. The van der Waals surface area contributed by atoms with Gasteiger partial charge in [-0.1, -0.05) is 18.2 Å². The van der Waals surface area contributed by atoms with Crippen LogP contribution in [0.15, 0.2) is 30.3 Å². The number of nitrogens with zero attached hydrogens (tertiary/aromatic N) is 1. The van der Waals surface area contributed by atoms with Crippen LogP contribution in [0.1, 0.15) is 22.0 Å². The summed E-state index contributed by atoms with van der Waals surface area (Å²) in [7, 11) is 0. The van der Waals surface area contributed by atoms with Crippen LogP contribution in [0.5, 0.6) is 0 Å². The van der Waals surface area contributed by atoms with Crippen molar-refractivity contribution in [2.24, 2.45) is 0 Å². The smallest absolute Gasteiger partial charge is 0.331 e. The second-order valence-electron chi connectivity index (χ2n) is 4.35. The highest BCUT2D eigenvalue weighted by atomic mass is 19.2. The summed E-state index contributed by atoms with van der Waals surface area (Å²) in [6.07, 6.45) is 0. The molecule has 0 fully saturated rings. The maximum Gasteiger partial charge on any atom is 0.331 e. The van der Waals surface area contributed by atoms with Crippen molar-refractivity contribution in [3.8, 4) is 0 Å². The van der Waals surface area contributed by atoms with E-state index in [1.807, 2.05) is 0 Å². The lowest BCUT2D eigenvalue weighted by molar-refractivity contribution is -0.139. The molecular weight excluding hydrogens is 320 g/mol. The first-order chi connectivity index (χ1) is 10.8. The van der Waals surface area contributed by atoms with Gasteiger partial charge in [0.05, 0.1) is 5.56 Å². The topological polar surface area (TPSA) is 79.3 Å². The normalized spacial score (nSPS) is 11.8. The molecule has 2 rings (SSSR count). The number of carbonyl (C=O) groups is 2. The van der Waals surface area contributed by atoms with E-state index in [-0.39, 0.29) is 5.56 Å². The number of nitrogens with one attached hydrogen (secondary N) is 1. The van der Waals surface area contributed by atoms with Crippen molar-refractivity contribution in [3.05, 3.63) is 65.0 Å². The Kier molecular flexibility index (Phi) is 4.58. The number of rotatable bonds is 4. The van der Waals surface area contributed by atoms with E-state index in [0.717, 1.165) is 0 Å². The summed E-state index contributed by atoms with van der Waals surface area (Å²) in [5.74, 6) is -10.9. The number of aliphatic carboxylic acids is 1. The SMILES string of the molecule is O=C(NC(C(=O)O)c1c(F)c(F)nc(F)c1F)c1ccccc1. The molecule has 1 unspecified atom stereocenters. The van der Waals surface area contributed by atoms with E-state index < -0.39 is 47.0 Å². The molecular formula is C14H8F4N2O3. The van der Waals surface area contributed by atoms with Crippen molar-refractivity contribution >= 4 is 11.9 Å². The van der Waals surface area contributed by atoms with Gasteiger partial charge in [0.15, 0.2) is 17.7 Å². The summed E-state index contributed by atoms with van der Waals surface area (Å²) in [5.41, 5.74) is -1.48. The number of amides is 1. The Morgan fingerprint density at radius 3 is 2.00 bits per heavy atom. The van der Waals surface area contributed by atoms with Gasteiger partial charge in [-0.25, -0.2) is 13.6 Å². The third-order valence-electron chi connectivity index (χ3n) is 2.88. The van der Waals surface area contributed by atoms with Crippen molar-refractivity contribution in [2.75, 3.05) is 0 Å². The van der Waals surface area contributed by atoms with Crippen LogP contribution in [0.3, 0.4) is 0 Å². The lowest BCUT2D eigenvalue weighted by Crippen LogP contribution is -2.35. The number of aromatic nitrogens is 1. The van der Waals surface area contributed by atoms with E-state index in [9.17, 15) is 27.2 Å². The highest BCUT2D eigenvalue weighted by Crippen LogP contribution is 2.24. The number of hydrogen-bond donors (Lipinski definition) is 2. The molecule has 0 saturated heterocycles. The van der Waals surface area contributed by atoms with Gasteiger partial charge in [-0.05, 0) is 12.1 Å². The summed E-state index contributed by atoms with van der Waals surface area (Å²) in [4.78, 5) is 25.4. The van der Waals surface area contributed by atoms with Gasteiger partial charge in [0.2, 0.25) is 0 Å². The molecule has 0 spiro atoms. The second-order valence-corrected chi connectivity index (χ2v) is 4.35. The van der Waals surface area contributed by atoms with Crippen LogP contribution in [0.25, 0.3) is 0 Å². The van der Waals surface area contributed by atoms with Crippen molar-refractivity contribution in [3.63, 3.8) is 0 Å². The highest BCUT2D eigenvalue weighted by Gasteiger charge is 2.33. The number of carbonyl (C=O) groups excluding carboxylic acids is 1. The molecule has 23 heavy (non-hydrogen) atoms. The lowest BCUT2D eigenvalue weighted by Gasteiger charge is -2.16. The predicted octanol–water partition coefficient (Wildman–Crippen LogP) is 2.19. The summed E-state index contributed by atoms with van der Waals surface area (Å²) < 4.78 is 53.5. The first-order valence-corrected chi connectivity index (χ1v) is 6.11. The average molecular weight is 328 g/mol. The van der Waals surface area contributed by atoms with Crippen LogP contribution in [-0.4, -0.2) is 22.0 Å². The Bertz CT molecular complexity index is 742. The molecule has 0 radical (unpaired) electrons. The van der Waals surface area contributed by atoms with E-state index in [2.05, 4.69) is 4.98 Å². The minimum absolute atomic E-state index is 0.00503. The van der Waals surface area contributed by atoms with Gasteiger partial charge >= 0.3 is 5.97 Å². The molecule has 0 aliphatic heterocycles. The number of halogens is 4. The maximum absolute atomic E-state index is 13.6. The molecule has 9 heteroatoms. The van der Waals surface area contributed by atoms with Crippen LogP contribution in [0, 0.1) is 23.5 Å². The molecule has 5 nitrogen and oxygen atoms in total. The lowest BCUT2D eigenvalue weighted by atomic mass is 10.1. The Balaban J connectivity index is 2.45. The Hall–Kier alpha value is -2.97. The molecule has 2 aromatic rings. The van der Waals surface area contributed by atoms with Gasteiger partial charge in [-0.2, -0.15) is 13.8 Å². The molecule has 2 N–H and O–H groups in total. The summed E-state index contributed by atoms with van der Waals surface area (Å²) in [6, 6.07) is 4.81. The number of benzene rings is 1. The average Bonchev–Trinajstić information content (AvgIpc) is 2.52. The Labute approximate surface area is 126 Å². The quantitative estimate of drug-likeness (QED) is 0.666. The van der Waals surface area contributed by atoms with Crippen LogP contribution < -0.4 is 5.32 Å². The molecule has 1 amide bonds. The molecule has 1 atom stereocenters. The van der Waals surface area contributed by atoms with Crippen LogP contribution in [0.4, 0.5) is 17.6 Å². The van der Waals surface area contributed by atoms with E-state index >= 15 is 0 Å². The number of hydrogen-bond acceptors (Lipinski definition) is 3. The highest BCUT2D eigenvalue weighted by molar-refractivity contribution is 5.96. The maximum atomic E-state index is 13.6. The first kappa shape index (κ1) is 16.4. The molecule has 0 bridgehead atoms. The van der Waals surface area contributed by atoms with Crippen molar-refractivity contribution in [1.29, 1.82) is 0 Å². The molecule has 1 aromatic heterocycles. The Morgan fingerprint density at radius 1 is 1.00 bits per heavy atom. The van der Waals surface area contributed by atoms with Crippen molar-refractivity contribution < 1.29 is 32.3 Å². The van der Waals surface area contributed by atoms with Gasteiger partial charge in [-0.15, -0.1) is 0 Å². The number of carboxylic acids is 1. The number of pyridine rings is 1. The molecule has 0 aliphatic rings. The number of carboxylic acid groups (broad SMARTS) is 1. The van der Waals surface area contributed by atoms with Crippen LogP contribution in [-0.2, 0) is 4.79 Å². The molecule has 1 aromatic carbocycles. The minimum atomic E-state index is -2.34. The van der Waals surface area contributed by atoms with Crippen molar-refractivity contribution in [2.45, 2.75) is 6.04 Å². The third-order valence-corrected chi connectivity index (χ3v) is 2.88. The zero-order chi connectivity index (χ0) is 17.1. The monoisotopic (exact) mass is 328 g/mol. The largest absolute Gasteiger partial charge is 0.479 e. The third kappa shape index (κ3) is 3.28. The fourth-order valence-corrected chi connectivity index (χ4v) is 1.82. The summed E-state index contributed by atoms with van der Waals surface area (Å²) in [5, 5.41) is 10.8. The van der Waals surface area contributed by atoms with Gasteiger partial charge in [0, 0.05) is 5.56 Å². The van der Waals surface area contributed by atoms with Crippen molar-refractivity contribution in [1.82, 2.24) is 10.3 Å².